The van der Waals surface area contributed by atoms with Crippen molar-refractivity contribution in [2.45, 2.75) is 13.8 Å². The second kappa shape index (κ2) is 6.22. The first-order valence-electron chi connectivity index (χ1n) is 3.65. The fraction of sp³-hybridized carbons (Fsp3) is 0.444. The van der Waals surface area contributed by atoms with E-state index in [9.17, 15) is 4.79 Å². The molecule has 0 heterocycles. The Bertz CT molecular complexity index is 207. The minimum absolute atomic E-state index is 0.260. The molecule has 3 heteroatoms. The van der Waals surface area contributed by atoms with Gasteiger partial charge in [-0.1, -0.05) is 41.7 Å². The molecule has 0 aromatic carbocycles. The number of ether oxygens (including phenoxy) is 1. The van der Waals surface area contributed by atoms with E-state index in [-0.39, 0.29) is 11.9 Å². The van der Waals surface area contributed by atoms with Crippen LogP contribution in [0.15, 0.2) is 21.8 Å². The predicted molar refractivity (Wildman–Crippen MR) is 58.1 cm³/mol. The number of esters is 1. The van der Waals surface area contributed by atoms with Crippen LogP contribution in [0, 0.1) is 5.92 Å². The van der Waals surface area contributed by atoms with E-state index >= 15 is 0 Å². The Labute approximate surface area is 86.8 Å². The zero-order valence-corrected chi connectivity index (χ0v) is 9.66. The molecule has 0 fully saturated rings. The maximum absolute atomic E-state index is 10.9. The van der Waals surface area contributed by atoms with Gasteiger partial charge in [-0.25, -0.2) is 4.79 Å². The lowest BCUT2D eigenvalue weighted by Gasteiger charge is -2.01. The smallest absolute Gasteiger partial charge is 0.333 e. The first-order chi connectivity index (χ1) is 5.61. The molecule has 0 saturated heterocycles. The Hall–Kier alpha value is -0.320. The second-order valence-electron chi connectivity index (χ2n) is 2.52. The maximum Gasteiger partial charge on any atom is 0.333 e. The standard InChI is InChI=1S/C9H13IO2/c1-7(4-5-10)6-8(2)9(11)12-3/h4-7H,1-3H3/b5-4+,8-6+/t7-/m1/s1. The molecule has 0 aromatic rings. The lowest BCUT2D eigenvalue weighted by molar-refractivity contribution is -0.136. The van der Waals surface area contributed by atoms with Gasteiger partial charge in [0, 0.05) is 5.57 Å². The fourth-order valence-corrected chi connectivity index (χ4v) is 1.45. The third-order valence-electron chi connectivity index (χ3n) is 1.40. The zero-order chi connectivity index (χ0) is 9.56. The van der Waals surface area contributed by atoms with Crippen molar-refractivity contribution in [3.63, 3.8) is 0 Å². The number of hydrogen-bond acceptors (Lipinski definition) is 2. The van der Waals surface area contributed by atoms with Crippen molar-refractivity contribution in [3.8, 4) is 0 Å². The molecule has 0 amide bonds. The highest BCUT2D eigenvalue weighted by Gasteiger charge is 2.03. The van der Waals surface area contributed by atoms with Crippen LogP contribution >= 0.6 is 22.6 Å². The Morgan fingerprint density at radius 2 is 2.17 bits per heavy atom. The van der Waals surface area contributed by atoms with Crippen LogP contribution in [0.3, 0.4) is 0 Å². The highest BCUT2D eigenvalue weighted by Crippen LogP contribution is 2.06. The summed E-state index contributed by atoms with van der Waals surface area (Å²) in [7, 11) is 1.39. The summed E-state index contributed by atoms with van der Waals surface area (Å²) in [5.74, 6) is 0.0182. The molecule has 0 rings (SSSR count). The monoisotopic (exact) mass is 280 g/mol. The molecule has 0 radical (unpaired) electrons. The quantitative estimate of drug-likeness (QED) is 0.451. The van der Waals surface area contributed by atoms with Crippen molar-refractivity contribution in [2.24, 2.45) is 5.92 Å². The van der Waals surface area contributed by atoms with E-state index in [1.807, 2.05) is 23.2 Å². The molecule has 0 aliphatic heterocycles. The summed E-state index contributed by atoms with van der Waals surface area (Å²) in [6.45, 7) is 3.77. The molecule has 0 unspecified atom stereocenters. The number of allylic oxidation sites excluding steroid dienone is 2. The summed E-state index contributed by atoms with van der Waals surface area (Å²) >= 11 is 2.15. The van der Waals surface area contributed by atoms with Crippen LogP contribution in [0.1, 0.15) is 13.8 Å². The van der Waals surface area contributed by atoms with E-state index in [1.165, 1.54) is 7.11 Å². The second-order valence-corrected chi connectivity index (χ2v) is 3.24. The van der Waals surface area contributed by atoms with Crippen molar-refractivity contribution in [3.05, 3.63) is 21.8 Å². The molecule has 68 valence electrons. The molecule has 0 spiro atoms. The van der Waals surface area contributed by atoms with Crippen LogP contribution in [0.5, 0.6) is 0 Å². The molecule has 0 N–H and O–H groups in total. The fourth-order valence-electron chi connectivity index (χ4n) is 0.794. The lowest BCUT2D eigenvalue weighted by Crippen LogP contribution is -2.02. The summed E-state index contributed by atoms with van der Waals surface area (Å²) in [5.41, 5.74) is 0.652. The van der Waals surface area contributed by atoms with Gasteiger partial charge in [0.2, 0.25) is 0 Å². The van der Waals surface area contributed by atoms with Crippen molar-refractivity contribution in [2.75, 3.05) is 7.11 Å². The average Bonchev–Trinajstić information content (AvgIpc) is 2.03. The van der Waals surface area contributed by atoms with Crippen LogP contribution in [0.4, 0.5) is 0 Å². The summed E-state index contributed by atoms with van der Waals surface area (Å²) < 4.78 is 6.49. The lowest BCUT2D eigenvalue weighted by atomic mass is 10.1. The van der Waals surface area contributed by atoms with Gasteiger partial charge in [-0.3, -0.25) is 0 Å². The van der Waals surface area contributed by atoms with Crippen LogP contribution in [-0.2, 0) is 9.53 Å². The van der Waals surface area contributed by atoms with Gasteiger partial charge >= 0.3 is 5.97 Å². The molecule has 0 bridgehead atoms. The maximum atomic E-state index is 10.9. The molecule has 2 nitrogen and oxygen atoms in total. The van der Waals surface area contributed by atoms with Gasteiger partial charge in [-0.2, -0.15) is 0 Å². The van der Waals surface area contributed by atoms with Gasteiger partial charge in [0.05, 0.1) is 7.11 Å². The van der Waals surface area contributed by atoms with Crippen LogP contribution in [-0.4, -0.2) is 13.1 Å². The highest BCUT2D eigenvalue weighted by molar-refractivity contribution is 14.1. The van der Waals surface area contributed by atoms with Gasteiger partial charge in [0.25, 0.3) is 0 Å². The number of methoxy groups -OCH3 is 1. The number of hydrogen-bond donors (Lipinski definition) is 0. The van der Waals surface area contributed by atoms with Gasteiger partial charge < -0.3 is 4.74 Å². The summed E-state index contributed by atoms with van der Waals surface area (Å²) in [4.78, 5) is 10.9. The van der Waals surface area contributed by atoms with E-state index in [1.54, 1.807) is 6.92 Å². The van der Waals surface area contributed by atoms with Crippen molar-refractivity contribution in [1.82, 2.24) is 0 Å². The Morgan fingerprint density at radius 3 is 2.58 bits per heavy atom. The normalized spacial score (nSPS) is 14.8. The Kier molecular flexibility index (Phi) is 6.06. The third kappa shape index (κ3) is 4.54. The number of rotatable bonds is 3. The molecule has 0 aromatic heterocycles. The van der Waals surface area contributed by atoms with E-state index in [4.69, 9.17) is 0 Å². The minimum Gasteiger partial charge on any atom is -0.466 e. The SMILES string of the molecule is COC(=O)/C(C)=C/[C@H](C)/C=C/I. The summed E-state index contributed by atoms with van der Waals surface area (Å²) in [6, 6.07) is 0. The highest BCUT2D eigenvalue weighted by atomic mass is 127. The number of carbonyl (C=O) groups excluding carboxylic acids is 1. The largest absolute Gasteiger partial charge is 0.466 e. The minimum atomic E-state index is -0.260. The zero-order valence-electron chi connectivity index (χ0n) is 7.50. The Balaban J connectivity index is 4.24. The van der Waals surface area contributed by atoms with E-state index in [0.717, 1.165) is 0 Å². The third-order valence-corrected chi connectivity index (χ3v) is 1.81. The van der Waals surface area contributed by atoms with Gasteiger partial charge in [0.1, 0.15) is 0 Å². The Morgan fingerprint density at radius 1 is 1.58 bits per heavy atom. The van der Waals surface area contributed by atoms with Crippen LogP contribution in [0.25, 0.3) is 0 Å². The van der Waals surface area contributed by atoms with E-state index < -0.39 is 0 Å². The molecular formula is C9H13IO2. The topological polar surface area (TPSA) is 26.3 Å². The van der Waals surface area contributed by atoms with E-state index in [0.29, 0.717) is 5.57 Å². The molecule has 0 aliphatic rings. The van der Waals surface area contributed by atoms with Crippen LogP contribution in [0.2, 0.25) is 0 Å². The molecule has 1 atom stereocenters. The van der Waals surface area contributed by atoms with E-state index in [2.05, 4.69) is 27.3 Å². The number of halogens is 1. The van der Waals surface area contributed by atoms with Gasteiger partial charge in [0.15, 0.2) is 0 Å². The van der Waals surface area contributed by atoms with Gasteiger partial charge in [-0.15, -0.1) is 0 Å². The van der Waals surface area contributed by atoms with Gasteiger partial charge in [-0.05, 0) is 16.9 Å². The van der Waals surface area contributed by atoms with Crippen molar-refractivity contribution >= 4 is 28.6 Å². The molecule has 12 heavy (non-hydrogen) atoms. The first-order valence-corrected chi connectivity index (χ1v) is 4.90. The summed E-state index contributed by atoms with van der Waals surface area (Å²) in [5, 5.41) is 0. The van der Waals surface area contributed by atoms with Crippen molar-refractivity contribution < 1.29 is 9.53 Å². The average molecular weight is 280 g/mol. The predicted octanol–water partition coefficient (Wildman–Crippen LogP) is 2.69. The van der Waals surface area contributed by atoms with Crippen LogP contribution < -0.4 is 0 Å². The molecule has 0 aliphatic carbocycles. The van der Waals surface area contributed by atoms with Crippen molar-refractivity contribution in [1.29, 1.82) is 0 Å². The summed E-state index contributed by atoms with van der Waals surface area (Å²) in [6.07, 6.45) is 3.88. The first kappa shape index (κ1) is 11.7. The molecular weight excluding hydrogens is 267 g/mol. The molecule has 0 saturated carbocycles. The number of carbonyl (C=O) groups is 1.